The van der Waals surface area contributed by atoms with Crippen LogP contribution in [0.3, 0.4) is 0 Å². The van der Waals surface area contributed by atoms with E-state index in [-0.39, 0.29) is 17.8 Å². The van der Waals surface area contributed by atoms with E-state index in [0.717, 1.165) is 12.8 Å². The maximum atomic E-state index is 13.2. The van der Waals surface area contributed by atoms with Crippen molar-refractivity contribution in [2.75, 3.05) is 6.61 Å². The Morgan fingerprint density at radius 2 is 1.73 bits per heavy atom. The van der Waals surface area contributed by atoms with Gasteiger partial charge >= 0.3 is 27.3 Å². The SMILES string of the molecule is O=C(OCCC(F)(F)C(F)(F)S(=O)(=O)O)C1C2CC3C(C2)C31. The first kappa shape index (κ1) is 16.0. The lowest BCUT2D eigenvalue weighted by atomic mass is 9.99. The monoisotopic (exact) mass is 346 g/mol. The van der Waals surface area contributed by atoms with Crippen LogP contribution in [0.15, 0.2) is 0 Å². The number of hydrogen-bond donors (Lipinski definition) is 1. The summed E-state index contributed by atoms with van der Waals surface area (Å²) in [7, 11) is -6.25. The Balaban J connectivity index is 1.53. The van der Waals surface area contributed by atoms with Crippen LogP contribution in [-0.2, 0) is 19.6 Å². The van der Waals surface area contributed by atoms with Gasteiger partial charge in [-0.1, -0.05) is 0 Å². The largest absolute Gasteiger partial charge is 0.465 e. The number of rotatable bonds is 6. The van der Waals surface area contributed by atoms with Crippen LogP contribution in [0.1, 0.15) is 19.3 Å². The normalized spacial score (nSPS) is 36.5. The minimum Gasteiger partial charge on any atom is -0.465 e. The van der Waals surface area contributed by atoms with Crippen molar-refractivity contribution in [1.82, 2.24) is 0 Å². The molecule has 0 heterocycles. The maximum absolute atomic E-state index is 13.2. The Morgan fingerprint density at radius 3 is 2.14 bits per heavy atom. The molecule has 4 rings (SSSR count). The molecule has 4 bridgehead atoms. The zero-order valence-corrected chi connectivity index (χ0v) is 12.0. The minimum atomic E-state index is -6.25. The molecule has 0 spiro atoms. The average Bonchev–Trinajstić information content (AvgIpc) is 2.79. The number of hydrogen-bond acceptors (Lipinski definition) is 4. The van der Waals surface area contributed by atoms with Gasteiger partial charge in [0.1, 0.15) is 0 Å². The van der Waals surface area contributed by atoms with E-state index in [4.69, 9.17) is 4.55 Å². The van der Waals surface area contributed by atoms with Crippen molar-refractivity contribution in [2.24, 2.45) is 29.6 Å². The molecule has 3 atom stereocenters. The van der Waals surface area contributed by atoms with Crippen molar-refractivity contribution in [2.45, 2.75) is 30.4 Å². The van der Waals surface area contributed by atoms with Crippen molar-refractivity contribution >= 4 is 16.1 Å². The van der Waals surface area contributed by atoms with Crippen molar-refractivity contribution in [3.05, 3.63) is 0 Å². The number of esters is 1. The Hall–Kier alpha value is -0.900. The standard InChI is InChI=1S/C12H14F4O5S/c13-11(14,12(15,16)22(18,19)20)1-2-21-10(17)8-5-3-6-7(4-5)9(6)8/h5-9H,1-4H2,(H,18,19,20). The molecular formula is C12H14F4O5S. The Morgan fingerprint density at radius 1 is 1.18 bits per heavy atom. The molecule has 22 heavy (non-hydrogen) atoms. The van der Waals surface area contributed by atoms with Crippen molar-refractivity contribution in [3.8, 4) is 0 Å². The quantitative estimate of drug-likeness (QED) is 0.452. The van der Waals surface area contributed by atoms with E-state index in [1.165, 1.54) is 0 Å². The Kier molecular flexibility index (Phi) is 3.31. The zero-order valence-electron chi connectivity index (χ0n) is 11.2. The fourth-order valence-corrected chi connectivity index (χ4v) is 4.61. The third-order valence-corrected chi connectivity index (χ3v) is 6.10. The molecule has 4 saturated carbocycles. The van der Waals surface area contributed by atoms with Gasteiger partial charge in [-0.3, -0.25) is 9.35 Å². The summed E-state index contributed by atoms with van der Waals surface area (Å²) < 4.78 is 85.8. The van der Waals surface area contributed by atoms with Crippen LogP contribution >= 0.6 is 0 Å². The van der Waals surface area contributed by atoms with E-state index in [1.807, 2.05) is 0 Å². The highest BCUT2D eigenvalue weighted by Crippen LogP contribution is 2.73. The van der Waals surface area contributed by atoms with Gasteiger partial charge in [-0.2, -0.15) is 26.0 Å². The van der Waals surface area contributed by atoms with Crippen molar-refractivity contribution in [3.63, 3.8) is 0 Å². The Bertz CT molecular complexity index is 591. The molecule has 0 saturated heterocycles. The fraction of sp³-hybridized carbons (Fsp3) is 0.917. The van der Waals surface area contributed by atoms with Crippen LogP contribution in [0.25, 0.3) is 0 Å². The molecule has 0 radical (unpaired) electrons. The van der Waals surface area contributed by atoms with Crippen molar-refractivity contribution < 1.29 is 40.1 Å². The molecule has 10 heteroatoms. The summed E-state index contributed by atoms with van der Waals surface area (Å²) in [6, 6.07) is 0. The molecule has 0 aromatic rings. The topological polar surface area (TPSA) is 80.7 Å². The maximum Gasteiger partial charge on any atom is 0.431 e. The molecular weight excluding hydrogens is 332 g/mol. The lowest BCUT2D eigenvalue weighted by Gasteiger charge is -2.23. The predicted octanol–water partition coefficient (Wildman–Crippen LogP) is 1.94. The summed E-state index contributed by atoms with van der Waals surface area (Å²) in [5, 5.41) is -5.62. The number of halogens is 4. The molecule has 4 fully saturated rings. The van der Waals surface area contributed by atoms with Crippen LogP contribution in [0.2, 0.25) is 0 Å². The minimum absolute atomic E-state index is 0.187. The number of carbonyl (C=O) groups is 1. The highest BCUT2D eigenvalue weighted by Gasteiger charge is 2.70. The average molecular weight is 346 g/mol. The summed E-state index contributed by atoms with van der Waals surface area (Å²) in [6.45, 7) is -1.03. The fourth-order valence-electron chi connectivity index (χ4n) is 4.13. The molecule has 0 aromatic heterocycles. The molecule has 0 aromatic carbocycles. The second-order valence-corrected chi connectivity index (χ2v) is 7.74. The van der Waals surface area contributed by atoms with Gasteiger partial charge in [0.15, 0.2) is 0 Å². The smallest absolute Gasteiger partial charge is 0.431 e. The first-order valence-corrected chi connectivity index (χ1v) is 8.30. The lowest BCUT2D eigenvalue weighted by molar-refractivity contribution is -0.176. The summed E-state index contributed by atoms with van der Waals surface area (Å²) in [4.78, 5) is 11.8. The predicted molar refractivity (Wildman–Crippen MR) is 63.7 cm³/mol. The third-order valence-electron chi connectivity index (χ3n) is 5.15. The second-order valence-electron chi connectivity index (χ2n) is 6.28. The molecule has 3 unspecified atom stereocenters. The van der Waals surface area contributed by atoms with Gasteiger partial charge in [0, 0.05) is 0 Å². The summed E-state index contributed by atoms with van der Waals surface area (Å²) in [5.74, 6) is -4.61. The van der Waals surface area contributed by atoms with Gasteiger partial charge in [-0.25, -0.2) is 0 Å². The number of ether oxygens (including phenoxy) is 1. The first-order chi connectivity index (χ1) is 9.97. The van der Waals surface area contributed by atoms with Crippen LogP contribution in [-0.4, -0.2) is 36.7 Å². The number of alkyl halides is 4. The summed E-state index contributed by atoms with van der Waals surface area (Å²) in [6.07, 6.45) is 0.165. The van der Waals surface area contributed by atoms with E-state index in [2.05, 4.69) is 4.74 Å². The van der Waals surface area contributed by atoms with Gasteiger partial charge < -0.3 is 4.74 Å². The third kappa shape index (κ3) is 2.14. The molecule has 0 aliphatic heterocycles. The molecule has 4 aliphatic rings. The summed E-state index contributed by atoms with van der Waals surface area (Å²) >= 11 is 0. The highest BCUT2D eigenvalue weighted by molar-refractivity contribution is 7.87. The van der Waals surface area contributed by atoms with Crippen LogP contribution in [0, 0.1) is 29.6 Å². The van der Waals surface area contributed by atoms with E-state index in [1.54, 1.807) is 0 Å². The zero-order chi connectivity index (χ0) is 16.5. The van der Waals surface area contributed by atoms with Gasteiger partial charge in [-0.05, 0) is 36.5 Å². The molecule has 0 amide bonds. The van der Waals surface area contributed by atoms with E-state index >= 15 is 0 Å². The van der Waals surface area contributed by atoms with Gasteiger partial charge in [0.2, 0.25) is 0 Å². The number of carbonyl (C=O) groups excluding carboxylic acids is 1. The van der Waals surface area contributed by atoms with Gasteiger partial charge in [-0.15, -0.1) is 0 Å². The van der Waals surface area contributed by atoms with Crippen LogP contribution in [0.4, 0.5) is 17.6 Å². The first-order valence-electron chi connectivity index (χ1n) is 6.86. The Labute approximate surface area is 123 Å². The second kappa shape index (κ2) is 4.56. The van der Waals surface area contributed by atoms with Crippen LogP contribution in [0.5, 0.6) is 0 Å². The van der Waals surface area contributed by atoms with E-state index in [9.17, 15) is 30.8 Å². The molecule has 1 N–H and O–H groups in total. The molecule has 126 valence electrons. The lowest BCUT2D eigenvalue weighted by Crippen LogP contribution is -2.47. The van der Waals surface area contributed by atoms with Crippen molar-refractivity contribution in [1.29, 1.82) is 0 Å². The van der Waals surface area contributed by atoms with Gasteiger partial charge in [0.25, 0.3) is 0 Å². The molecule has 4 aliphatic carbocycles. The highest BCUT2D eigenvalue weighted by atomic mass is 32.2. The van der Waals surface area contributed by atoms with E-state index in [0.29, 0.717) is 11.8 Å². The van der Waals surface area contributed by atoms with Crippen LogP contribution < -0.4 is 0 Å². The summed E-state index contributed by atoms with van der Waals surface area (Å²) in [5.41, 5.74) is 0. The van der Waals surface area contributed by atoms with Gasteiger partial charge in [0.05, 0.1) is 18.9 Å². The molecule has 5 nitrogen and oxygen atoms in total. The van der Waals surface area contributed by atoms with E-state index < -0.39 is 40.3 Å².